The van der Waals surface area contributed by atoms with Crippen LogP contribution in [0.1, 0.15) is 10.4 Å². The van der Waals surface area contributed by atoms with Crippen LogP contribution in [-0.2, 0) is 0 Å². The first kappa shape index (κ1) is 8.35. The first-order valence-corrected chi connectivity index (χ1v) is 4.88. The number of nitrogens with one attached hydrogen (secondary N) is 2. The van der Waals surface area contributed by atoms with Gasteiger partial charge in [0.1, 0.15) is 0 Å². The maximum absolute atomic E-state index is 11.7. The molecule has 4 heteroatoms. The molecule has 2 N–H and O–H groups in total. The SMILES string of the molecule is O=C1NCCNc2c1ccc1ccoc21. The molecule has 0 bridgehead atoms. The van der Waals surface area contributed by atoms with Crippen molar-refractivity contribution in [3.8, 4) is 0 Å². The molecule has 1 aromatic heterocycles. The summed E-state index contributed by atoms with van der Waals surface area (Å²) in [6, 6.07) is 5.60. The minimum Gasteiger partial charge on any atom is -0.462 e. The van der Waals surface area contributed by atoms with E-state index in [4.69, 9.17) is 4.42 Å². The molecule has 4 nitrogen and oxygen atoms in total. The van der Waals surface area contributed by atoms with Crippen LogP contribution in [-0.4, -0.2) is 19.0 Å². The third-order valence-corrected chi connectivity index (χ3v) is 2.58. The van der Waals surface area contributed by atoms with Gasteiger partial charge >= 0.3 is 0 Å². The lowest BCUT2D eigenvalue weighted by Crippen LogP contribution is -2.24. The fraction of sp³-hybridized carbons (Fsp3) is 0.182. The van der Waals surface area contributed by atoms with Gasteiger partial charge in [-0.3, -0.25) is 4.79 Å². The van der Waals surface area contributed by atoms with Gasteiger partial charge in [0.15, 0.2) is 5.58 Å². The molecule has 0 radical (unpaired) electrons. The van der Waals surface area contributed by atoms with E-state index in [0.29, 0.717) is 12.1 Å². The van der Waals surface area contributed by atoms with Crippen molar-refractivity contribution in [2.75, 3.05) is 18.4 Å². The van der Waals surface area contributed by atoms with E-state index < -0.39 is 0 Å². The first-order chi connectivity index (χ1) is 7.36. The van der Waals surface area contributed by atoms with E-state index in [1.807, 2.05) is 18.2 Å². The Balaban J connectivity index is 2.31. The number of amides is 1. The van der Waals surface area contributed by atoms with Crippen LogP contribution < -0.4 is 10.6 Å². The summed E-state index contributed by atoms with van der Waals surface area (Å²) in [7, 11) is 0. The lowest BCUT2D eigenvalue weighted by atomic mass is 10.1. The highest BCUT2D eigenvalue weighted by Crippen LogP contribution is 2.29. The molecule has 3 rings (SSSR count). The zero-order valence-corrected chi connectivity index (χ0v) is 8.04. The van der Waals surface area contributed by atoms with E-state index in [1.54, 1.807) is 6.26 Å². The third kappa shape index (κ3) is 1.18. The van der Waals surface area contributed by atoms with Gasteiger partial charge in [-0.25, -0.2) is 0 Å². The lowest BCUT2D eigenvalue weighted by Gasteiger charge is -2.05. The molecule has 1 amide bonds. The van der Waals surface area contributed by atoms with Gasteiger partial charge in [0, 0.05) is 18.5 Å². The van der Waals surface area contributed by atoms with Gasteiger partial charge in [0.05, 0.1) is 17.5 Å². The summed E-state index contributed by atoms with van der Waals surface area (Å²) in [5.41, 5.74) is 2.20. The molecule has 0 atom stereocenters. The highest BCUT2D eigenvalue weighted by Gasteiger charge is 2.18. The van der Waals surface area contributed by atoms with Gasteiger partial charge in [0.2, 0.25) is 0 Å². The van der Waals surface area contributed by atoms with Crippen LogP contribution in [0.25, 0.3) is 11.0 Å². The van der Waals surface area contributed by atoms with E-state index in [9.17, 15) is 4.79 Å². The number of carbonyl (C=O) groups excluding carboxylic acids is 1. The summed E-state index contributed by atoms with van der Waals surface area (Å²) in [5.74, 6) is -0.0479. The first-order valence-electron chi connectivity index (χ1n) is 4.88. The summed E-state index contributed by atoms with van der Waals surface area (Å²) < 4.78 is 5.38. The Morgan fingerprint density at radius 3 is 2.93 bits per heavy atom. The topological polar surface area (TPSA) is 54.3 Å². The Kier molecular flexibility index (Phi) is 1.68. The molecule has 0 saturated carbocycles. The number of carbonyl (C=O) groups is 1. The standard InChI is InChI=1S/C11H10N2O2/c14-11-8-2-1-7-3-6-15-10(7)9(8)12-4-5-13-11/h1-3,6,12H,4-5H2,(H,13,14). The molecule has 2 aromatic rings. The fourth-order valence-electron chi connectivity index (χ4n) is 1.86. The molecule has 76 valence electrons. The van der Waals surface area contributed by atoms with Crippen LogP contribution in [0.15, 0.2) is 28.9 Å². The number of hydrogen-bond acceptors (Lipinski definition) is 3. The van der Waals surface area contributed by atoms with Crippen LogP contribution >= 0.6 is 0 Å². The Morgan fingerprint density at radius 2 is 2.00 bits per heavy atom. The number of fused-ring (bicyclic) bond motifs is 3. The Labute approximate surface area is 86.3 Å². The molecule has 0 spiro atoms. The van der Waals surface area contributed by atoms with Crippen molar-refractivity contribution in [2.45, 2.75) is 0 Å². The van der Waals surface area contributed by atoms with E-state index in [1.165, 1.54) is 0 Å². The predicted molar refractivity (Wildman–Crippen MR) is 57.0 cm³/mol. The minimum atomic E-state index is -0.0479. The summed E-state index contributed by atoms with van der Waals surface area (Å²) in [5, 5.41) is 7.03. The summed E-state index contributed by atoms with van der Waals surface area (Å²) >= 11 is 0. The van der Waals surface area contributed by atoms with E-state index in [0.717, 1.165) is 23.2 Å². The zero-order valence-electron chi connectivity index (χ0n) is 8.04. The van der Waals surface area contributed by atoms with Gasteiger partial charge in [-0.2, -0.15) is 0 Å². The quantitative estimate of drug-likeness (QED) is 0.682. The summed E-state index contributed by atoms with van der Waals surface area (Å²) in [6.45, 7) is 1.36. The highest BCUT2D eigenvalue weighted by atomic mass is 16.3. The number of furan rings is 1. The van der Waals surface area contributed by atoms with Crippen molar-refractivity contribution in [3.05, 3.63) is 30.0 Å². The maximum atomic E-state index is 11.7. The lowest BCUT2D eigenvalue weighted by molar-refractivity contribution is 0.0958. The second-order valence-corrected chi connectivity index (χ2v) is 3.51. The molecule has 15 heavy (non-hydrogen) atoms. The van der Waals surface area contributed by atoms with Crippen molar-refractivity contribution < 1.29 is 9.21 Å². The molecule has 0 aliphatic carbocycles. The van der Waals surface area contributed by atoms with Crippen molar-refractivity contribution in [2.24, 2.45) is 0 Å². The largest absolute Gasteiger partial charge is 0.462 e. The highest BCUT2D eigenvalue weighted by molar-refractivity contribution is 6.07. The fourth-order valence-corrected chi connectivity index (χ4v) is 1.86. The van der Waals surface area contributed by atoms with Gasteiger partial charge < -0.3 is 15.1 Å². The monoisotopic (exact) mass is 202 g/mol. The molecule has 0 fully saturated rings. The summed E-state index contributed by atoms with van der Waals surface area (Å²) in [6.07, 6.45) is 1.63. The maximum Gasteiger partial charge on any atom is 0.253 e. The van der Waals surface area contributed by atoms with Crippen molar-refractivity contribution >= 4 is 22.6 Å². The average molecular weight is 202 g/mol. The van der Waals surface area contributed by atoms with Gasteiger partial charge in [0.25, 0.3) is 5.91 Å². The number of benzene rings is 1. The van der Waals surface area contributed by atoms with Crippen molar-refractivity contribution in [1.29, 1.82) is 0 Å². The van der Waals surface area contributed by atoms with E-state index >= 15 is 0 Å². The zero-order chi connectivity index (χ0) is 10.3. The second-order valence-electron chi connectivity index (χ2n) is 3.51. The number of anilines is 1. The van der Waals surface area contributed by atoms with Gasteiger partial charge in [-0.15, -0.1) is 0 Å². The summed E-state index contributed by atoms with van der Waals surface area (Å²) in [4.78, 5) is 11.7. The molecule has 1 aromatic carbocycles. The van der Waals surface area contributed by atoms with E-state index in [-0.39, 0.29) is 5.91 Å². The van der Waals surface area contributed by atoms with Gasteiger partial charge in [-0.1, -0.05) is 6.07 Å². The molecule has 2 heterocycles. The number of hydrogen-bond donors (Lipinski definition) is 2. The molecule has 0 saturated heterocycles. The Morgan fingerprint density at radius 1 is 1.13 bits per heavy atom. The Bertz CT molecular complexity index is 530. The van der Waals surface area contributed by atoms with Crippen LogP contribution in [0.5, 0.6) is 0 Å². The molecule has 0 unspecified atom stereocenters. The van der Waals surface area contributed by atoms with Crippen molar-refractivity contribution in [3.63, 3.8) is 0 Å². The van der Waals surface area contributed by atoms with Crippen molar-refractivity contribution in [1.82, 2.24) is 5.32 Å². The smallest absolute Gasteiger partial charge is 0.253 e. The van der Waals surface area contributed by atoms with Crippen LogP contribution in [0.3, 0.4) is 0 Å². The molecular weight excluding hydrogens is 192 g/mol. The van der Waals surface area contributed by atoms with Crippen LogP contribution in [0, 0.1) is 0 Å². The van der Waals surface area contributed by atoms with Gasteiger partial charge in [-0.05, 0) is 12.1 Å². The molecular formula is C11H10N2O2. The van der Waals surface area contributed by atoms with Crippen LogP contribution in [0.2, 0.25) is 0 Å². The predicted octanol–water partition coefficient (Wildman–Crippen LogP) is 1.59. The van der Waals surface area contributed by atoms with E-state index in [2.05, 4.69) is 10.6 Å². The number of rotatable bonds is 0. The third-order valence-electron chi connectivity index (χ3n) is 2.58. The van der Waals surface area contributed by atoms with Crippen LogP contribution in [0.4, 0.5) is 5.69 Å². The Hall–Kier alpha value is -1.97. The average Bonchev–Trinajstić information content (AvgIpc) is 2.64. The molecule has 1 aliphatic rings. The normalized spacial score (nSPS) is 15.3. The minimum absolute atomic E-state index is 0.0479. The second kappa shape index (κ2) is 3.02. The molecule has 1 aliphatic heterocycles.